The van der Waals surface area contributed by atoms with Crippen molar-refractivity contribution in [3.63, 3.8) is 0 Å². The summed E-state index contributed by atoms with van der Waals surface area (Å²) in [6.07, 6.45) is 0. The van der Waals surface area contributed by atoms with Crippen LogP contribution in [0.1, 0.15) is 0 Å². The van der Waals surface area contributed by atoms with Gasteiger partial charge in [0.15, 0.2) is 5.11 Å². The van der Waals surface area contributed by atoms with E-state index in [2.05, 4.69) is 17.5 Å². The number of nitrogens with one attached hydrogen (secondary N) is 1. The molecule has 0 aromatic carbocycles. The summed E-state index contributed by atoms with van der Waals surface area (Å²) in [5.74, 6) is -0.604. The predicted molar refractivity (Wildman–Crippen MR) is 44.0 cm³/mol. The van der Waals surface area contributed by atoms with E-state index in [1.807, 2.05) is 0 Å². The molecule has 0 aromatic heterocycles. The summed E-state index contributed by atoms with van der Waals surface area (Å²) in [6, 6.07) is 0. The summed E-state index contributed by atoms with van der Waals surface area (Å²) in [5.41, 5.74) is 0. The number of hydrogen-bond acceptors (Lipinski definition) is 4. The minimum atomic E-state index is -4.23. The van der Waals surface area contributed by atoms with E-state index in [-0.39, 0.29) is 34.7 Å². The predicted octanol–water partition coefficient (Wildman–Crippen LogP) is -4.07. The van der Waals surface area contributed by atoms with Gasteiger partial charge in [-0.3, -0.25) is 0 Å². The van der Waals surface area contributed by atoms with E-state index in [4.69, 9.17) is 0 Å². The van der Waals surface area contributed by atoms with Gasteiger partial charge in [-0.15, -0.1) is 0 Å². The molecule has 66 valence electrons. The fourth-order valence-electron chi connectivity index (χ4n) is 0.487. The van der Waals surface area contributed by atoms with Gasteiger partial charge in [0.2, 0.25) is 0 Å². The molecule has 0 aromatic rings. The molecule has 5 nitrogen and oxygen atoms in total. The van der Waals surface area contributed by atoms with Crippen LogP contribution in [0.2, 0.25) is 0 Å². The maximum absolute atomic E-state index is 10.2. The van der Waals surface area contributed by atoms with Gasteiger partial charge in [-0.05, 0) is 12.2 Å². The van der Waals surface area contributed by atoms with Crippen molar-refractivity contribution in [3.8, 4) is 0 Å². The number of nitrogens with zero attached hydrogens (tertiary/aromatic N) is 1. The zero-order valence-corrected chi connectivity index (χ0v) is 10.8. The molecule has 0 aliphatic rings. The third-order valence-electron chi connectivity index (χ3n) is 0.912. The van der Waals surface area contributed by atoms with Crippen LogP contribution in [0.25, 0.3) is 0 Å². The number of thiocarbonyl (C=S) groups is 1. The van der Waals surface area contributed by atoms with Crippen LogP contribution in [0.3, 0.4) is 0 Å². The van der Waals surface area contributed by atoms with Crippen molar-refractivity contribution in [1.29, 1.82) is 0 Å². The fourth-order valence-corrected chi connectivity index (χ4v) is 1.24. The first-order valence-corrected chi connectivity index (χ1v) is 4.72. The molecule has 0 unspecified atom stereocenters. The topological polar surface area (TPSA) is 72.5 Å². The molecule has 0 aliphatic carbocycles. The second kappa shape index (κ2) is 6.11. The summed E-state index contributed by atoms with van der Waals surface area (Å²) >= 11 is 4.66. The maximum Gasteiger partial charge on any atom is 1.00 e. The molecule has 0 saturated carbocycles. The van der Waals surface area contributed by atoms with Crippen LogP contribution >= 0.6 is 12.2 Å². The average Bonchev–Trinajstić information content (AvgIpc) is 1.82. The minimum absolute atomic E-state index is 0. The third kappa shape index (κ3) is 7.26. The van der Waals surface area contributed by atoms with Crippen molar-refractivity contribution >= 4 is 27.4 Å². The van der Waals surface area contributed by atoms with E-state index in [0.29, 0.717) is 0 Å². The van der Waals surface area contributed by atoms with Gasteiger partial charge in [0, 0.05) is 14.1 Å². The zero-order chi connectivity index (χ0) is 9.07. The maximum atomic E-state index is 10.2. The van der Waals surface area contributed by atoms with Gasteiger partial charge >= 0.3 is 29.6 Å². The molecule has 0 bridgehead atoms. The molecular formula is C4H9N2NaO3S2. The van der Waals surface area contributed by atoms with Crippen molar-refractivity contribution in [2.75, 3.05) is 20.0 Å². The van der Waals surface area contributed by atoms with Crippen molar-refractivity contribution in [3.05, 3.63) is 0 Å². The Morgan fingerprint density at radius 1 is 1.67 bits per heavy atom. The van der Waals surface area contributed by atoms with Gasteiger partial charge < -0.3 is 14.8 Å². The Bertz CT molecular complexity index is 241. The van der Waals surface area contributed by atoms with E-state index in [1.54, 1.807) is 7.05 Å². The van der Waals surface area contributed by atoms with Crippen LogP contribution in [0.5, 0.6) is 0 Å². The molecule has 0 aliphatic heterocycles. The molecule has 1 N–H and O–H groups in total. The minimum Gasteiger partial charge on any atom is -0.747 e. The Kier molecular flexibility index (Phi) is 7.69. The normalized spacial score (nSPS) is 9.92. The average molecular weight is 220 g/mol. The van der Waals surface area contributed by atoms with Crippen LogP contribution < -0.4 is 34.9 Å². The third-order valence-corrected chi connectivity index (χ3v) is 2.13. The molecule has 0 radical (unpaired) electrons. The molecular weight excluding hydrogens is 211 g/mol. The largest absolute Gasteiger partial charge is 1.00 e. The first kappa shape index (κ1) is 15.1. The van der Waals surface area contributed by atoms with Gasteiger partial charge in [-0.2, -0.15) is 0 Å². The fraction of sp³-hybridized carbons (Fsp3) is 0.750. The van der Waals surface area contributed by atoms with Crippen LogP contribution in [0.4, 0.5) is 0 Å². The van der Waals surface area contributed by atoms with Crippen molar-refractivity contribution in [2.45, 2.75) is 0 Å². The molecule has 0 atom stereocenters. The molecule has 12 heavy (non-hydrogen) atoms. The summed E-state index contributed by atoms with van der Waals surface area (Å²) in [4.78, 5) is 1.15. The van der Waals surface area contributed by atoms with Crippen molar-refractivity contribution in [2.24, 2.45) is 0 Å². The van der Waals surface area contributed by atoms with Gasteiger partial charge in [0.25, 0.3) is 0 Å². The Labute approximate surface area is 99.5 Å². The summed E-state index contributed by atoms with van der Waals surface area (Å²) < 4.78 is 30.5. The monoisotopic (exact) mass is 220 g/mol. The molecule has 0 amide bonds. The molecule has 0 heterocycles. The van der Waals surface area contributed by atoms with Crippen LogP contribution in [0, 0.1) is 0 Å². The number of hydrogen-bond donors (Lipinski definition) is 1. The van der Waals surface area contributed by atoms with Gasteiger partial charge in [0.05, 0.1) is 0 Å². The van der Waals surface area contributed by atoms with E-state index in [0.717, 1.165) is 4.90 Å². The Morgan fingerprint density at radius 2 is 2.08 bits per heavy atom. The van der Waals surface area contributed by atoms with E-state index in [9.17, 15) is 13.0 Å². The smallest absolute Gasteiger partial charge is 0.747 e. The Hall–Kier alpha value is 0.600. The SMILES string of the molecule is CNC(=S)N(C)CS(=O)(=O)[O-].[Na+]. The molecule has 0 rings (SSSR count). The molecule has 0 spiro atoms. The van der Waals surface area contributed by atoms with Crippen LogP contribution in [-0.4, -0.2) is 43.0 Å². The quantitative estimate of drug-likeness (QED) is 0.290. The number of rotatable bonds is 2. The van der Waals surface area contributed by atoms with Crippen molar-refractivity contribution < 1.29 is 42.5 Å². The Balaban J connectivity index is 0. The van der Waals surface area contributed by atoms with E-state index < -0.39 is 16.0 Å². The van der Waals surface area contributed by atoms with E-state index >= 15 is 0 Å². The van der Waals surface area contributed by atoms with Gasteiger partial charge in [0.1, 0.15) is 16.0 Å². The second-order valence-corrected chi connectivity index (χ2v) is 3.70. The van der Waals surface area contributed by atoms with Gasteiger partial charge in [-0.1, -0.05) is 0 Å². The Morgan fingerprint density at radius 3 is 2.33 bits per heavy atom. The first-order valence-electron chi connectivity index (χ1n) is 2.73. The zero-order valence-electron chi connectivity index (χ0n) is 7.20. The first-order chi connectivity index (χ1) is 4.87. The molecule has 0 fully saturated rings. The second-order valence-electron chi connectivity index (χ2n) is 1.94. The van der Waals surface area contributed by atoms with Crippen LogP contribution in [0.15, 0.2) is 0 Å². The molecule has 0 saturated heterocycles. The summed E-state index contributed by atoms with van der Waals surface area (Å²) in [7, 11) is -1.25. The van der Waals surface area contributed by atoms with E-state index in [1.165, 1.54) is 7.05 Å². The standard InChI is InChI=1S/C4H10N2O3S2.Na/c1-5-4(10)6(2)3-11(7,8)9;/h3H2,1-2H3,(H,5,10)(H,7,8,9);/q;+1/p-1. The van der Waals surface area contributed by atoms with Crippen LogP contribution in [-0.2, 0) is 10.1 Å². The molecule has 8 heteroatoms. The summed E-state index contributed by atoms with van der Waals surface area (Å²) in [5, 5.41) is 2.77. The van der Waals surface area contributed by atoms with Gasteiger partial charge in [-0.25, -0.2) is 8.42 Å². The van der Waals surface area contributed by atoms with Crippen molar-refractivity contribution in [1.82, 2.24) is 10.2 Å². The summed E-state index contributed by atoms with van der Waals surface area (Å²) in [6.45, 7) is 0.